The highest BCUT2D eigenvalue weighted by molar-refractivity contribution is 6.00. The second-order valence-electron chi connectivity index (χ2n) is 8.47. The van der Waals surface area contributed by atoms with Crippen molar-refractivity contribution >= 4 is 23.5 Å². The van der Waals surface area contributed by atoms with Gasteiger partial charge in [0.15, 0.2) is 0 Å². The third-order valence-corrected chi connectivity index (χ3v) is 4.75. The van der Waals surface area contributed by atoms with Gasteiger partial charge in [-0.2, -0.15) is 10.5 Å². The quantitative estimate of drug-likeness (QED) is 0.719. The zero-order valence-electron chi connectivity index (χ0n) is 18.7. The maximum Gasteiger partial charge on any atom is 0.410 e. The summed E-state index contributed by atoms with van der Waals surface area (Å²) in [5.74, 6) is 0. The highest BCUT2D eigenvalue weighted by Crippen LogP contribution is 2.27. The molecular weight excluding hydrogens is 422 g/mol. The molecule has 33 heavy (non-hydrogen) atoms. The molecular formula is C24H25N5O4. The molecule has 1 atom stereocenters. The summed E-state index contributed by atoms with van der Waals surface area (Å²) in [4.78, 5) is 26.4. The molecule has 1 saturated heterocycles. The van der Waals surface area contributed by atoms with Crippen molar-refractivity contribution in [3.63, 3.8) is 0 Å². The molecule has 2 aromatic rings. The van der Waals surface area contributed by atoms with Gasteiger partial charge >= 0.3 is 12.1 Å². The van der Waals surface area contributed by atoms with E-state index in [4.69, 9.17) is 14.7 Å². The van der Waals surface area contributed by atoms with Gasteiger partial charge in [0.25, 0.3) is 0 Å². The summed E-state index contributed by atoms with van der Waals surface area (Å²) >= 11 is 0. The van der Waals surface area contributed by atoms with Crippen LogP contribution in [0.15, 0.2) is 42.5 Å². The Morgan fingerprint density at radius 2 is 1.91 bits per heavy atom. The molecule has 1 aliphatic heterocycles. The Balaban J connectivity index is 1.69. The Morgan fingerprint density at radius 1 is 1.12 bits per heavy atom. The largest absolute Gasteiger partial charge is 0.444 e. The molecule has 2 aromatic carbocycles. The number of anilines is 2. The Kier molecular flexibility index (Phi) is 7.17. The van der Waals surface area contributed by atoms with Crippen molar-refractivity contribution in [3.05, 3.63) is 59.2 Å². The Labute approximate surface area is 192 Å². The smallest absolute Gasteiger partial charge is 0.410 e. The highest BCUT2D eigenvalue weighted by Gasteiger charge is 2.29. The van der Waals surface area contributed by atoms with Gasteiger partial charge in [0.2, 0.25) is 0 Å². The van der Waals surface area contributed by atoms with Gasteiger partial charge in [-0.1, -0.05) is 12.1 Å². The Hall–Kier alpha value is -4.08. The number of carbonyl (C=O) groups is 2. The predicted octanol–water partition coefficient (Wildman–Crippen LogP) is 4.38. The van der Waals surface area contributed by atoms with E-state index in [-0.39, 0.29) is 5.56 Å². The van der Waals surface area contributed by atoms with Crippen molar-refractivity contribution in [2.45, 2.75) is 32.5 Å². The van der Waals surface area contributed by atoms with Gasteiger partial charge in [-0.3, -0.25) is 0 Å². The average Bonchev–Trinajstić information content (AvgIpc) is 2.78. The molecule has 1 heterocycles. The van der Waals surface area contributed by atoms with Crippen LogP contribution in [-0.2, 0) is 9.47 Å². The number of carbonyl (C=O) groups excluding carboxylic acids is 2. The van der Waals surface area contributed by atoms with Crippen molar-refractivity contribution in [3.8, 4) is 12.1 Å². The monoisotopic (exact) mass is 447 g/mol. The Bertz CT molecular complexity index is 1130. The highest BCUT2D eigenvalue weighted by atomic mass is 16.6. The molecule has 0 aliphatic carbocycles. The molecule has 3 rings (SSSR count). The topological polar surface area (TPSA) is 127 Å². The van der Waals surface area contributed by atoms with E-state index in [0.717, 1.165) is 0 Å². The van der Waals surface area contributed by atoms with Gasteiger partial charge in [0, 0.05) is 12.2 Å². The van der Waals surface area contributed by atoms with E-state index in [1.165, 1.54) is 0 Å². The van der Waals surface area contributed by atoms with Crippen molar-refractivity contribution in [2.75, 3.05) is 30.3 Å². The van der Waals surface area contributed by atoms with Gasteiger partial charge in [-0.25, -0.2) is 9.59 Å². The number of hydrogen-bond acceptors (Lipinski definition) is 6. The molecule has 3 amide bonds. The molecule has 0 bridgehead atoms. The van der Waals surface area contributed by atoms with Gasteiger partial charge in [0.05, 0.1) is 36.0 Å². The number of urea groups is 1. The van der Waals surface area contributed by atoms with Gasteiger partial charge < -0.3 is 25.0 Å². The molecule has 0 unspecified atom stereocenters. The van der Waals surface area contributed by atoms with Crippen LogP contribution in [-0.4, -0.2) is 42.3 Å². The fourth-order valence-corrected chi connectivity index (χ4v) is 3.26. The fourth-order valence-electron chi connectivity index (χ4n) is 3.26. The van der Waals surface area contributed by atoms with Crippen LogP contribution in [0, 0.1) is 22.7 Å². The Morgan fingerprint density at radius 3 is 2.61 bits per heavy atom. The zero-order chi connectivity index (χ0) is 24.0. The van der Waals surface area contributed by atoms with Crippen LogP contribution in [0.5, 0.6) is 0 Å². The number of nitrogens with zero attached hydrogens (tertiary/aromatic N) is 3. The van der Waals surface area contributed by atoms with E-state index in [2.05, 4.69) is 16.7 Å². The first-order valence-electron chi connectivity index (χ1n) is 10.4. The van der Waals surface area contributed by atoms with Crippen molar-refractivity contribution in [1.82, 2.24) is 4.90 Å². The van der Waals surface area contributed by atoms with Crippen molar-refractivity contribution in [1.29, 1.82) is 10.5 Å². The third-order valence-electron chi connectivity index (χ3n) is 4.75. The van der Waals surface area contributed by atoms with Crippen LogP contribution in [0.4, 0.5) is 21.0 Å². The molecule has 1 fully saturated rings. The van der Waals surface area contributed by atoms with Crippen molar-refractivity contribution < 1.29 is 19.1 Å². The van der Waals surface area contributed by atoms with E-state index in [1.54, 1.807) is 47.4 Å². The van der Waals surface area contributed by atoms with E-state index in [0.29, 0.717) is 42.2 Å². The maximum absolute atomic E-state index is 12.4. The number of nitrogens with one attached hydrogen (secondary N) is 2. The van der Waals surface area contributed by atoms with Crippen LogP contribution in [0.3, 0.4) is 0 Å². The fraction of sp³-hybridized carbons (Fsp3) is 0.333. The number of rotatable bonds is 3. The number of morpholine rings is 1. The molecule has 170 valence electrons. The van der Waals surface area contributed by atoms with Crippen LogP contribution < -0.4 is 10.6 Å². The van der Waals surface area contributed by atoms with Crippen LogP contribution >= 0.6 is 0 Å². The minimum atomic E-state index is -0.595. The number of amides is 3. The standard InChI is InChI=1S/C24H25N5O4/c1-24(2,3)33-23(31)29-9-10-32-21(15-29)17-7-8-20(18(12-17)14-26)28-22(30)27-19-6-4-5-16(11-19)13-25/h4-8,11-12,21H,9-10,15H2,1-3H3,(H2,27,28,30)/t21-/m1/s1. The lowest BCUT2D eigenvalue weighted by molar-refractivity contribution is -0.0432. The van der Waals surface area contributed by atoms with Gasteiger partial charge in [0.1, 0.15) is 17.8 Å². The van der Waals surface area contributed by atoms with Crippen LogP contribution in [0.2, 0.25) is 0 Å². The maximum atomic E-state index is 12.4. The van der Waals surface area contributed by atoms with Gasteiger partial charge in [-0.05, 0) is 56.7 Å². The number of hydrogen-bond donors (Lipinski definition) is 2. The predicted molar refractivity (Wildman–Crippen MR) is 121 cm³/mol. The first kappa shape index (κ1) is 23.6. The first-order chi connectivity index (χ1) is 15.7. The van der Waals surface area contributed by atoms with E-state index >= 15 is 0 Å². The molecule has 0 saturated carbocycles. The lowest BCUT2D eigenvalue weighted by Gasteiger charge is -2.34. The molecule has 0 radical (unpaired) electrons. The third kappa shape index (κ3) is 6.45. The second kappa shape index (κ2) is 10.0. The summed E-state index contributed by atoms with van der Waals surface area (Å²) in [5.41, 5.74) is 1.58. The summed E-state index contributed by atoms with van der Waals surface area (Å²) in [6.45, 7) is 6.49. The van der Waals surface area contributed by atoms with E-state index < -0.39 is 23.8 Å². The lowest BCUT2D eigenvalue weighted by atomic mass is 10.0. The van der Waals surface area contributed by atoms with Gasteiger partial charge in [-0.15, -0.1) is 0 Å². The second-order valence-corrected chi connectivity index (χ2v) is 8.47. The SMILES string of the molecule is CC(C)(C)OC(=O)N1CCO[C@@H](c2ccc(NC(=O)Nc3cccc(C#N)c3)c(C#N)c2)C1. The lowest BCUT2D eigenvalue weighted by Crippen LogP contribution is -2.44. The summed E-state index contributed by atoms with van der Waals surface area (Å²) in [6, 6.07) is 15.0. The molecule has 0 aromatic heterocycles. The summed E-state index contributed by atoms with van der Waals surface area (Å²) in [6.07, 6.45) is -0.832. The normalized spacial score (nSPS) is 15.7. The summed E-state index contributed by atoms with van der Waals surface area (Å²) in [7, 11) is 0. The zero-order valence-corrected chi connectivity index (χ0v) is 18.7. The molecule has 0 spiro atoms. The molecule has 2 N–H and O–H groups in total. The molecule has 9 heteroatoms. The average molecular weight is 447 g/mol. The van der Waals surface area contributed by atoms with Crippen LogP contribution in [0.25, 0.3) is 0 Å². The summed E-state index contributed by atoms with van der Waals surface area (Å²) < 4.78 is 11.3. The molecule has 1 aliphatic rings. The molecule has 9 nitrogen and oxygen atoms in total. The minimum absolute atomic E-state index is 0.256. The number of nitriles is 2. The van der Waals surface area contributed by atoms with E-state index in [9.17, 15) is 14.9 Å². The number of benzene rings is 2. The number of ether oxygens (including phenoxy) is 2. The minimum Gasteiger partial charge on any atom is -0.444 e. The van der Waals surface area contributed by atoms with E-state index in [1.807, 2.05) is 26.8 Å². The van der Waals surface area contributed by atoms with Crippen molar-refractivity contribution in [2.24, 2.45) is 0 Å². The first-order valence-corrected chi connectivity index (χ1v) is 10.4. The summed E-state index contributed by atoms with van der Waals surface area (Å²) in [5, 5.41) is 23.9. The van der Waals surface area contributed by atoms with Crippen LogP contribution in [0.1, 0.15) is 43.6 Å².